The van der Waals surface area contributed by atoms with Gasteiger partial charge >= 0.3 is 12.0 Å². The summed E-state index contributed by atoms with van der Waals surface area (Å²) in [7, 11) is 0. The summed E-state index contributed by atoms with van der Waals surface area (Å²) in [4.78, 5) is 26.4. The fourth-order valence-electron chi connectivity index (χ4n) is 2.73. The van der Waals surface area contributed by atoms with Crippen LogP contribution < -0.4 is 5.32 Å². The highest BCUT2D eigenvalue weighted by Crippen LogP contribution is 2.35. The van der Waals surface area contributed by atoms with E-state index in [9.17, 15) is 14.7 Å². The first kappa shape index (κ1) is 16.3. The Balaban J connectivity index is 1.92. The number of rotatable bonds is 5. The molecule has 2 rings (SSSR count). The largest absolute Gasteiger partial charge is 0.481 e. The van der Waals surface area contributed by atoms with Gasteiger partial charge in [-0.1, -0.05) is 13.3 Å². The molecule has 2 amide bonds. The van der Waals surface area contributed by atoms with Gasteiger partial charge in [-0.3, -0.25) is 4.79 Å². The highest BCUT2D eigenvalue weighted by Gasteiger charge is 2.45. The lowest BCUT2D eigenvalue weighted by molar-refractivity contribution is -0.148. The molecule has 1 aromatic heterocycles. The Labute approximate surface area is 136 Å². The Kier molecular flexibility index (Phi) is 5.27. The van der Waals surface area contributed by atoms with Crippen LogP contribution in [-0.4, -0.2) is 35.1 Å². The number of nitrogens with zero attached hydrogens (tertiary/aromatic N) is 1. The zero-order valence-corrected chi connectivity index (χ0v) is 14.3. The van der Waals surface area contributed by atoms with Gasteiger partial charge in [-0.05, 0) is 40.2 Å². The van der Waals surface area contributed by atoms with Gasteiger partial charge in [0, 0.05) is 22.4 Å². The monoisotopic (exact) mass is 374 g/mol. The molecule has 0 radical (unpaired) electrons. The van der Waals surface area contributed by atoms with Gasteiger partial charge in [-0.15, -0.1) is 11.3 Å². The van der Waals surface area contributed by atoms with Gasteiger partial charge in [0.2, 0.25) is 0 Å². The van der Waals surface area contributed by atoms with Gasteiger partial charge < -0.3 is 15.3 Å². The molecule has 1 atom stereocenters. The zero-order valence-electron chi connectivity index (χ0n) is 11.9. The van der Waals surface area contributed by atoms with Gasteiger partial charge in [0.1, 0.15) is 0 Å². The average Bonchev–Trinajstić information content (AvgIpc) is 3.04. The molecule has 5 nitrogen and oxygen atoms in total. The first-order valence-electron chi connectivity index (χ1n) is 6.96. The Morgan fingerprint density at radius 2 is 2.33 bits per heavy atom. The fourth-order valence-corrected chi connectivity index (χ4v) is 4.16. The number of carboxylic acid groups (broad SMARTS) is 1. The summed E-state index contributed by atoms with van der Waals surface area (Å²) in [6.45, 7) is 3.24. The molecule has 1 unspecified atom stereocenters. The number of nitrogens with one attached hydrogen (secondary N) is 1. The van der Waals surface area contributed by atoms with E-state index in [2.05, 4.69) is 21.2 Å². The molecule has 116 valence electrons. The number of likely N-dealkylation sites (tertiary alicyclic amines) is 1. The Morgan fingerprint density at radius 3 is 2.90 bits per heavy atom. The van der Waals surface area contributed by atoms with E-state index >= 15 is 0 Å². The van der Waals surface area contributed by atoms with Crippen molar-refractivity contribution in [1.82, 2.24) is 10.2 Å². The van der Waals surface area contributed by atoms with Crippen LogP contribution in [0.5, 0.6) is 0 Å². The molecule has 0 saturated carbocycles. The van der Waals surface area contributed by atoms with Gasteiger partial charge in [0.25, 0.3) is 0 Å². The van der Waals surface area contributed by atoms with Crippen LogP contribution in [0.2, 0.25) is 0 Å². The molecule has 2 heterocycles. The second-order valence-electron chi connectivity index (χ2n) is 5.36. The predicted molar refractivity (Wildman–Crippen MR) is 85.4 cm³/mol. The highest BCUT2D eigenvalue weighted by molar-refractivity contribution is 9.10. The van der Waals surface area contributed by atoms with Crippen molar-refractivity contribution in [3.05, 3.63) is 20.8 Å². The molecule has 7 heteroatoms. The lowest BCUT2D eigenvalue weighted by Crippen LogP contribution is -2.41. The smallest absolute Gasteiger partial charge is 0.317 e. The SMILES string of the molecule is CCCC1(C(=O)O)CCN(C(=O)NCc2sccc2Br)C1. The summed E-state index contributed by atoms with van der Waals surface area (Å²) in [6.07, 6.45) is 1.96. The van der Waals surface area contributed by atoms with Crippen molar-refractivity contribution >= 4 is 39.3 Å². The lowest BCUT2D eigenvalue weighted by atomic mass is 9.83. The third kappa shape index (κ3) is 3.58. The van der Waals surface area contributed by atoms with Crippen LogP contribution in [-0.2, 0) is 11.3 Å². The van der Waals surface area contributed by atoms with Gasteiger partial charge in [-0.25, -0.2) is 4.79 Å². The summed E-state index contributed by atoms with van der Waals surface area (Å²) < 4.78 is 0.986. The van der Waals surface area contributed by atoms with Crippen molar-refractivity contribution < 1.29 is 14.7 Å². The molecule has 1 aliphatic heterocycles. The normalized spacial score (nSPS) is 21.5. The first-order valence-corrected chi connectivity index (χ1v) is 8.64. The fraction of sp³-hybridized carbons (Fsp3) is 0.571. The van der Waals surface area contributed by atoms with E-state index in [0.717, 1.165) is 15.8 Å². The number of amides is 2. The van der Waals surface area contributed by atoms with Crippen LogP contribution in [0.25, 0.3) is 0 Å². The summed E-state index contributed by atoms with van der Waals surface area (Å²) in [5.41, 5.74) is -0.768. The first-order chi connectivity index (χ1) is 9.98. The molecular weight excluding hydrogens is 356 g/mol. The molecule has 21 heavy (non-hydrogen) atoms. The number of hydrogen-bond acceptors (Lipinski definition) is 3. The minimum absolute atomic E-state index is 0.186. The number of carbonyl (C=O) groups is 2. The van der Waals surface area contributed by atoms with Crippen molar-refractivity contribution in [3.63, 3.8) is 0 Å². The van der Waals surface area contributed by atoms with E-state index in [0.29, 0.717) is 32.5 Å². The number of urea groups is 1. The molecule has 1 saturated heterocycles. The standard InChI is InChI=1S/C14H19BrN2O3S/c1-2-4-14(12(18)19)5-6-17(9-14)13(20)16-8-11-10(15)3-7-21-11/h3,7H,2,4-6,8-9H2,1H3,(H,16,20)(H,18,19). The number of thiophene rings is 1. The Morgan fingerprint density at radius 1 is 1.57 bits per heavy atom. The van der Waals surface area contributed by atoms with Crippen LogP contribution in [0.15, 0.2) is 15.9 Å². The van der Waals surface area contributed by atoms with E-state index in [4.69, 9.17) is 0 Å². The van der Waals surface area contributed by atoms with E-state index in [1.807, 2.05) is 18.4 Å². The van der Waals surface area contributed by atoms with Crippen molar-refractivity contribution in [2.24, 2.45) is 5.41 Å². The summed E-state index contributed by atoms with van der Waals surface area (Å²) in [5, 5.41) is 14.3. The quantitative estimate of drug-likeness (QED) is 0.830. The van der Waals surface area contributed by atoms with E-state index in [1.165, 1.54) is 0 Å². The third-order valence-electron chi connectivity index (χ3n) is 3.91. The van der Waals surface area contributed by atoms with E-state index in [-0.39, 0.29) is 6.03 Å². The molecule has 1 aromatic rings. The van der Waals surface area contributed by atoms with E-state index < -0.39 is 11.4 Å². The Bertz CT molecular complexity index is 534. The van der Waals surface area contributed by atoms with Crippen LogP contribution >= 0.6 is 27.3 Å². The second kappa shape index (κ2) is 6.79. The van der Waals surface area contributed by atoms with Crippen molar-refractivity contribution in [2.45, 2.75) is 32.7 Å². The molecular formula is C14H19BrN2O3S. The van der Waals surface area contributed by atoms with Crippen LogP contribution in [0, 0.1) is 5.41 Å². The number of carboxylic acids is 1. The number of aliphatic carboxylic acids is 1. The molecule has 2 N–H and O–H groups in total. The maximum atomic E-state index is 12.2. The van der Waals surface area contributed by atoms with Crippen LogP contribution in [0.3, 0.4) is 0 Å². The van der Waals surface area contributed by atoms with Gasteiger partial charge in [0.15, 0.2) is 0 Å². The number of carbonyl (C=O) groups excluding carboxylic acids is 1. The number of halogens is 1. The topological polar surface area (TPSA) is 69.6 Å². The van der Waals surface area contributed by atoms with E-state index in [1.54, 1.807) is 16.2 Å². The van der Waals surface area contributed by atoms with Crippen molar-refractivity contribution in [3.8, 4) is 0 Å². The Hall–Kier alpha value is -1.08. The summed E-state index contributed by atoms with van der Waals surface area (Å²) in [6, 6.07) is 1.76. The molecule has 1 fully saturated rings. The molecule has 0 bridgehead atoms. The predicted octanol–water partition coefficient (Wildman–Crippen LogP) is 3.30. The highest BCUT2D eigenvalue weighted by atomic mass is 79.9. The van der Waals surface area contributed by atoms with Gasteiger partial charge in [0.05, 0.1) is 12.0 Å². The van der Waals surface area contributed by atoms with Gasteiger partial charge in [-0.2, -0.15) is 0 Å². The minimum atomic E-state index is -0.791. The summed E-state index contributed by atoms with van der Waals surface area (Å²) in [5.74, 6) is -0.791. The van der Waals surface area contributed by atoms with Crippen molar-refractivity contribution in [1.29, 1.82) is 0 Å². The van der Waals surface area contributed by atoms with Crippen LogP contribution in [0.1, 0.15) is 31.1 Å². The molecule has 0 aliphatic carbocycles. The summed E-state index contributed by atoms with van der Waals surface area (Å²) >= 11 is 5.00. The van der Waals surface area contributed by atoms with Crippen LogP contribution in [0.4, 0.5) is 4.79 Å². The maximum absolute atomic E-state index is 12.2. The number of hydrogen-bond donors (Lipinski definition) is 2. The molecule has 0 spiro atoms. The lowest BCUT2D eigenvalue weighted by Gasteiger charge is -2.24. The average molecular weight is 375 g/mol. The minimum Gasteiger partial charge on any atom is -0.481 e. The zero-order chi connectivity index (χ0) is 15.5. The second-order valence-corrected chi connectivity index (χ2v) is 7.21. The third-order valence-corrected chi connectivity index (χ3v) is 5.84. The molecule has 1 aliphatic rings. The van der Waals surface area contributed by atoms with Crippen molar-refractivity contribution in [2.75, 3.05) is 13.1 Å². The maximum Gasteiger partial charge on any atom is 0.317 e. The molecule has 0 aromatic carbocycles.